The quantitative estimate of drug-likeness (QED) is 0.827. The van der Waals surface area contributed by atoms with Gasteiger partial charge >= 0.3 is 0 Å². The zero-order valence-electron chi connectivity index (χ0n) is 14.7. The number of nitrogens with zero attached hydrogens (tertiary/aromatic N) is 2. The van der Waals surface area contributed by atoms with E-state index in [2.05, 4.69) is 59.3 Å². The first-order valence-corrected chi connectivity index (χ1v) is 8.79. The lowest BCUT2D eigenvalue weighted by Gasteiger charge is -2.38. The minimum atomic E-state index is 0.644. The molecule has 24 heavy (non-hydrogen) atoms. The standard InChI is InChI=1S/C20H28N4/c1-16(2)23-10-12-24(13-11-23)20-8-6-19(7-9-20)22-15-17-4-3-5-18(21)14-17/h3-9,14,16,22H,10-13,15,21H2,1-2H3. The van der Waals surface area contributed by atoms with E-state index in [1.54, 1.807) is 0 Å². The van der Waals surface area contributed by atoms with Gasteiger partial charge in [-0.25, -0.2) is 0 Å². The zero-order chi connectivity index (χ0) is 16.9. The Labute approximate surface area is 145 Å². The van der Waals surface area contributed by atoms with Crippen molar-refractivity contribution < 1.29 is 0 Å². The summed E-state index contributed by atoms with van der Waals surface area (Å²) in [5.74, 6) is 0. The molecule has 0 aromatic heterocycles. The molecule has 1 fully saturated rings. The van der Waals surface area contributed by atoms with Crippen molar-refractivity contribution >= 4 is 17.1 Å². The number of benzene rings is 2. The zero-order valence-corrected chi connectivity index (χ0v) is 14.7. The van der Waals surface area contributed by atoms with E-state index in [0.717, 1.165) is 44.1 Å². The maximum absolute atomic E-state index is 5.82. The molecule has 4 nitrogen and oxygen atoms in total. The molecule has 0 amide bonds. The molecule has 0 atom stereocenters. The Morgan fingerprint density at radius 3 is 2.33 bits per heavy atom. The van der Waals surface area contributed by atoms with E-state index in [1.807, 2.05) is 18.2 Å². The molecule has 0 spiro atoms. The van der Waals surface area contributed by atoms with Gasteiger partial charge in [-0.2, -0.15) is 0 Å². The molecule has 3 rings (SSSR count). The number of piperazine rings is 1. The van der Waals surface area contributed by atoms with Gasteiger partial charge in [-0.05, 0) is 55.8 Å². The Kier molecular flexibility index (Phi) is 5.26. The largest absolute Gasteiger partial charge is 0.399 e. The van der Waals surface area contributed by atoms with Crippen LogP contribution in [0, 0.1) is 0 Å². The number of nitrogen functional groups attached to an aromatic ring is 1. The van der Waals surface area contributed by atoms with Gasteiger partial charge in [0.2, 0.25) is 0 Å². The highest BCUT2D eigenvalue weighted by Gasteiger charge is 2.18. The van der Waals surface area contributed by atoms with E-state index in [4.69, 9.17) is 5.73 Å². The summed E-state index contributed by atoms with van der Waals surface area (Å²) < 4.78 is 0. The van der Waals surface area contributed by atoms with Crippen LogP contribution in [0.5, 0.6) is 0 Å². The lowest BCUT2D eigenvalue weighted by Crippen LogP contribution is -2.48. The monoisotopic (exact) mass is 324 g/mol. The Morgan fingerprint density at radius 2 is 1.71 bits per heavy atom. The van der Waals surface area contributed by atoms with Gasteiger partial charge in [-0.1, -0.05) is 12.1 Å². The summed E-state index contributed by atoms with van der Waals surface area (Å²) in [4.78, 5) is 5.01. The number of hydrogen-bond donors (Lipinski definition) is 2. The van der Waals surface area contributed by atoms with Crippen LogP contribution in [0.25, 0.3) is 0 Å². The predicted molar refractivity (Wildman–Crippen MR) is 104 cm³/mol. The van der Waals surface area contributed by atoms with Gasteiger partial charge in [-0.15, -0.1) is 0 Å². The molecule has 3 N–H and O–H groups in total. The SMILES string of the molecule is CC(C)N1CCN(c2ccc(NCc3cccc(N)c3)cc2)CC1. The van der Waals surface area contributed by atoms with Crippen molar-refractivity contribution in [2.24, 2.45) is 0 Å². The highest BCUT2D eigenvalue weighted by molar-refractivity contribution is 5.55. The fourth-order valence-corrected chi connectivity index (χ4v) is 3.19. The van der Waals surface area contributed by atoms with Crippen LogP contribution in [0.1, 0.15) is 19.4 Å². The third kappa shape index (κ3) is 4.20. The molecule has 0 unspecified atom stereocenters. The molecule has 0 aliphatic carbocycles. The van der Waals surface area contributed by atoms with E-state index >= 15 is 0 Å². The molecule has 4 heteroatoms. The summed E-state index contributed by atoms with van der Waals surface area (Å²) in [5, 5.41) is 3.46. The first-order valence-electron chi connectivity index (χ1n) is 8.79. The minimum absolute atomic E-state index is 0.644. The van der Waals surface area contributed by atoms with Gasteiger partial charge in [-0.3, -0.25) is 4.90 Å². The molecular weight excluding hydrogens is 296 g/mol. The minimum Gasteiger partial charge on any atom is -0.399 e. The number of nitrogens with one attached hydrogen (secondary N) is 1. The van der Waals surface area contributed by atoms with Crippen LogP contribution >= 0.6 is 0 Å². The second-order valence-electron chi connectivity index (χ2n) is 6.76. The number of anilines is 3. The van der Waals surface area contributed by atoms with Crippen LogP contribution in [-0.4, -0.2) is 37.1 Å². The van der Waals surface area contributed by atoms with E-state index in [0.29, 0.717) is 6.04 Å². The van der Waals surface area contributed by atoms with Crippen molar-refractivity contribution in [1.29, 1.82) is 0 Å². The van der Waals surface area contributed by atoms with Gasteiger partial charge in [0.05, 0.1) is 0 Å². The van der Waals surface area contributed by atoms with Crippen LogP contribution in [0.15, 0.2) is 48.5 Å². The third-order valence-corrected chi connectivity index (χ3v) is 4.72. The number of hydrogen-bond acceptors (Lipinski definition) is 4. The summed E-state index contributed by atoms with van der Waals surface area (Å²) in [6.07, 6.45) is 0. The Hall–Kier alpha value is -2.20. The van der Waals surface area contributed by atoms with E-state index in [9.17, 15) is 0 Å². The molecule has 0 radical (unpaired) electrons. The van der Waals surface area contributed by atoms with Crippen LogP contribution in [0.2, 0.25) is 0 Å². The predicted octanol–water partition coefficient (Wildman–Crippen LogP) is 3.41. The smallest absolute Gasteiger partial charge is 0.0401 e. The first-order chi connectivity index (χ1) is 11.6. The van der Waals surface area contributed by atoms with Crippen LogP contribution in [0.3, 0.4) is 0 Å². The molecule has 1 saturated heterocycles. The third-order valence-electron chi connectivity index (χ3n) is 4.72. The van der Waals surface area contributed by atoms with Crippen molar-refractivity contribution in [2.45, 2.75) is 26.4 Å². The van der Waals surface area contributed by atoms with E-state index in [-0.39, 0.29) is 0 Å². The topological polar surface area (TPSA) is 44.5 Å². The average molecular weight is 324 g/mol. The normalized spacial score (nSPS) is 15.7. The lowest BCUT2D eigenvalue weighted by molar-refractivity contribution is 0.209. The second kappa shape index (κ2) is 7.58. The summed E-state index contributed by atoms with van der Waals surface area (Å²) in [6.45, 7) is 9.84. The summed E-state index contributed by atoms with van der Waals surface area (Å²) in [6, 6.07) is 17.4. The molecule has 1 aliphatic heterocycles. The van der Waals surface area contributed by atoms with Gasteiger partial charge in [0.15, 0.2) is 0 Å². The van der Waals surface area contributed by atoms with E-state index in [1.165, 1.54) is 11.3 Å². The molecule has 128 valence electrons. The first kappa shape index (κ1) is 16.7. The molecule has 0 saturated carbocycles. The maximum atomic E-state index is 5.82. The highest BCUT2D eigenvalue weighted by Crippen LogP contribution is 2.20. The van der Waals surface area contributed by atoms with Gasteiger partial charge < -0.3 is 16.0 Å². The fraction of sp³-hybridized carbons (Fsp3) is 0.400. The van der Waals surface area contributed by atoms with Crippen LogP contribution in [-0.2, 0) is 6.54 Å². The molecule has 0 bridgehead atoms. The number of nitrogens with two attached hydrogens (primary N) is 1. The Morgan fingerprint density at radius 1 is 1.00 bits per heavy atom. The maximum Gasteiger partial charge on any atom is 0.0401 e. The van der Waals surface area contributed by atoms with Crippen LogP contribution in [0.4, 0.5) is 17.1 Å². The molecule has 2 aromatic rings. The fourth-order valence-electron chi connectivity index (χ4n) is 3.19. The van der Waals surface area contributed by atoms with Gasteiger partial charge in [0.25, 0.3) is 0 Å². The van der Waals surface area contributed by atoms with Gasteiger partial charge in [0.1, 0.15) is 0 Å². The molecular formula is C20H28N4. The highest BCUT2D eigenvalue weighted by atomic mass is 15.3. The summed E-state index contributed by atoms with van der Waals surface area (Å²) >= 11 is 0. The van der Waals surface area contributed by atoms with Gasteiger partial charge in [0, 0.05) is 55.8 Å². The summed E-state index contributed by atoms with van der Waals surface area (Å²) in [7, 11) is 0. The van der Waals surface area contributed by atoms with Crippen molar-refractivity contribution in [1.82, 2.24) is 4.90 Å². The Balaban J connectivity index is 1.54. The summed E-state index contributed by atoms with van der Waals surface area (Å²) in [5.41, 5.74) is 10.3. The molecule has 1 aliphatic rings. The van der Waals surface area contributed by atoms with Crippen LogP contribution < -0.4 is 16.0 Å². The molecule has 2 aromatic carbocycles. The van der Waals surface area contributed by atoms with Crippen molar-refractivity contribution in [2.75, 3.05) is 42.1 Å². The van der Waals surface area contributed by atoms with Crippen molar-refractivity contribution in [3.05, 3.63) is 54.1 Å². The lowest BCUT2D eigenvalue weighted by atomic mass is 10.2. The Bertz CT molecular complexity index is 643. The number of rotatable bonds is 5. The van der Waals surface area contributed by atoms with Crippen molar-refractivity contribution in [3.8, 4) is 0 Å². The second-order valence-corrected chi connectivity index (χ2v) is 6.76. The van der Waals surface area contributed by atoms with E-state index < -0.39 is 0 Å². The van der Waals surface area contributed by atoms with Crippen molar-refractivity contribution in [3.63, 3.8) is 0 Å². The molecule has 1 heterocycles. The average Bonchev–Trinajstić information content (AvgIpc) is 2.61.